The number of anilines is 1. The molecule has 1 aromatic rings. The van der Waals surface area contributed by atoms with Gasteiger partial charge in [-0.2, -0.15) is 0 Å². The lowest BCUT2D eigenvalue weighted by atomic mass is 10.0. The molecule has 2 fully saturated rings. The normalized spacial score (nSPS) is 25.2. The van der Waals surface area contributed by atoms with Crippen LogP contribution in [0.5, 0.6) is 0 Å². The van der Waals surface area contributed by atoms with E-state index < -0.39 is 0 Å². The molecule has 2 heterocycles. The zero-order valence-electron chi connectivity index (χ0n) is 12.7. The van der Waals surface area contributed by atoms with Crippen molar-refractivity contribution in [3.8, 4) is 0 Å². The molecule has 2 unspecified atom stereocenters. The van der Waals surface area contributed by atoms with E-state index >= 15 is 0 Å². The first-order valence-corrected chi connectivity index (χ1v) is 7.76. The summed E-state index contributed by atoms with van der Waals surface area (Å²) in [6, 6.07) is 3.79. The van der Waals surface area contributed by atoms with Gasteiger partial charge in [0.25, 0.3) is 5.91 Å². The van der Waals surface area contributed by atoms with E-state index in [1.165, 1.54) is 0 Å². The summed E-state index contributed by atoms with van der Waals surface area (Å²) in [5.41, 5.74) is 7.39. The minimum atomic E-state index is 0.0613. The van der Waals surface area contributed by atoms with Crippen LogP contribution < -0.4 is 5.73 Å². The number of pyridine rings is 1. The average Bonchev–Trinajstić information content (AvgIpc) is 2.94. The average molecular weight is 289 g/mol. The fourth-order valence-corrected chi connectivity index (χ4v) is 3.34. The van der Waals surface area contributed by atoms with Crippen molar-refractivity contribution in [2.45, 2.75) is 51.2 Å². The molecule has 1 aliphatic carbocycles. The standard InChI is InChI=1S/C16H23N3O2/c1-10(2)12-8-11(9-15(17)18-12)16(20)19-6-7-21-14-5-3-4-13(14)19/h8-10,13-14H,3-7H2,1-2H3,(H2,17,18). The Kier molecular flexibility index (Phi) is 3.85. The minimum Gasteiger partial charge on any atom is -0.384 e. The molecule has 5 nitrogen and oxygen atoms in total. The Morgan fingerprint density at radius 2 is 2.24 bits per heavy atom. The zero-order chi connectivity index (χ0) is 15.0. The summed E-state index contributed by atoms with van der Waals surface area (Å²) in [6.45, 7) is 5.40. The minimum absolute atomic E-state index is 0.0613. The Bertz CT molecular complexity index is 544. The maximum Gasteiger partial charge on any atom is 0.254 e. The topological polar surface area (TPSA) is 68.5 Å². The van der Waals surface area contributed by atoms with Crippen LogP contribution in [-0.4, -0.2) is 41.1 Å². The van der Waals surface area contributed by atoms with Gasteiger partial charge in [-0.05, 0) is 37.3 Å². The number of carbonyl (C=O) groups is 1. The highest BCUT2D eigenvalue weighted by Gasteiger charge is 2.38. The monoisotopic (exact) mass is 289 g/mol. The second-order valence-corrected chi connectivity index (χ2v) is 6.27. The van der Waals surface area contributed by atoms with Crippen molar-refractivity contribution in [1.29, 1.82) is 0 Å². The number of amides is 1. The first kappa shape index (κ1) is 14.3. The van der Waals surface area contributed by atoms with Gasteiger partial charge < -0.3 is 15.4 Å². The Morgan fingerprint density at radius 1 is 1.43 bits per heavy atom. The van der Waals surface area contributed by atoms with Crippen molar-refractivity contribution < 1.29 is 9.53 Å². The summed E-state index contributed by atoms with van der Waals surface area (Å²) in [4.78, 5) is 19.1. The van der Waals surface area contributed by atoms with Crippen LogP contribution in [0, 0.1) is 0 Å². The zero-order valence-corrected chi connectivity index (χ0v) is 12.7. The van der Waals surface area contributed by atoms with Gasteiger partial charge in [0.2, 0.25) is 0 Å². The first-order valence-electron chi connectivity index (χ1n) is 7.76. The summed E-state index contributed by atoms with van der Waals surface area (Å²) in [5, 5.41) is 0. The van der Waals surface area contributed by atoms with Gasteiger partial charge in [-0.15, -0.1) is 0 Å². The van der Waals surface area contributed by atoms with Crippen LogP contribution in [0.3, 0.4) is 0 Å². The van der Waals surface area contributed by atoms with Gasteiger partial charge in [0.1, 0.15) is 5.82 Å². The molecule has 3 rings (SSSR count). The van der Waals surface area contributed by atoms with E-state index in [0.717, 1.165) is 25.0 Å². The lowest BCUT2D eigenvalue weighted by Gasteiger charge is -2.37. The number of rotatable bonds is 2. The third-order valence-electron chi connectivity index (χ3n) is 4.45. The molecule has 0 bridgehead atoms. The van der Waals surface area contributed by atoms with Gasteiger partial charge in [0.05, 0.1) is 18.8 Å². The largest absolute Gasteiger partial charge is 0.384 e. The lowest BCUT2D eigenvalue weighted by Crippen LogP contribution is -2.51. The quantitative estimate of drug-likeness (QED) is 0.906. The fourth-order valence-electron chi connectivity index (χ4n) is 3.34. The van der Waals surface area contributed by atoms with Crippen molar-refractivity contribution in [3.63, 3.8) is 0 Å². The number of morpholine rings is 1. The summed E-state index contributed by atoms with van der Waals surface area (Å²) in [6.07, 6.45) is 3.44. The molecule has 1 saturated carbocycles. The molecule has 1 saturated heterocycles. The predicted octanol–water partition coefficient (Wildman–Crippen LogP) is 2.18. The van der Waals surface area contributed by atoms with E-state index in [4.69, 9.17) is 10.5 Å². The smallest absolute Gasteiger partial charge is 0.254 e. The molecule has 21 heavy (non-hydrogen) atoms. The highest BCUT2D eigenvalue weighted by molar-refractivity contribution is 5.95. The third-order valence-corrected chi connectivity index (χ3v) is 4.45. The van der Waals surface area contributed by atoms with Crippen molar-refractivity contribution in [3.05, 3.63) is 23.4 Å². The SMILES string of the molecule is CC(C)c1cc(C(=O)N2CCOC3CCCC32)cc(N)n1. The predicted molar refractivity (Wildman–Crippen MR) is 81.2 cm³/mol. The summed E-state index contributed by atoms with van der Waals surface area (Å²) >= 11 is 0. The number of nitrogens with two attached hydrogens (primary N) is 1. The van der Waals surface area contributed by atoms with Gasteiger partial charge in [0, 0.05) is 17.8 Å². The summed E-state index contributed by atoms with van der Waals surface area (Å²) in [7, 11) is 0. The number of hydrogen-bond donors (Lipinski definition) is 1. The van der Waals surface area contributed by atoms with E-state index in [2.05, 4.69) is 18.8 Å². The van der Waals surface area contributed by atoms with Gasteiger partial charge >= 0.3 is 0 Å². The maximum atomic E-state index is 12.9. The van der Waals surface area contributed by atoms with E-state index in [-0.39, 0.29) is 24.0 Å². The van der Waals surface area contributed by atoms with Crippen molar-refractivity contribution in [1.82, 2.24) is 9.88 Å². The van der Waals surface area contributed by atoms with Gasteiger partial charge in [-0.25, -0.2) is 4.98 Å². The highest BCUT2D eigenvalue weighted by Crippen LogP contribution is 2.31. The van der Waals surface area contributed by atoms with E-state index in [1.54, 1.807) is 6.07 Å². The van der Waals surface area contributed by atoms with Crippen molar-refractivity contribution in [2.75, 3.05) is 18.9 Å². The van der Waals surface area contributed by atoms with Gasteiger partial charge in [0.15, 0.2) is 0 Å². The third kappa shape index (κ3) is 2.75. The number of fused-ring (bicyclic) bond motifs is 1. The molecule has 5 heteroatoms. The Hall–Kier alpha value is -1.62. The number of carbonyl (C=O) groups excluding carboxylic acids is 1. The van der Waals surface area contributed by atoms with Crippen LogP contribution in [-0.2, 0) is 4.74 Å². The fraction of sp³-hybridized carbons (Fsp3) is 0.625. The summed E-state index contributed by atoms with van der Waals surface area (Å²) in [5.74, 6) is 0.732. The van der Waals surface area contributed by atoms with Gasteiger partial charge in [-0.3, -0.25) is 4.79 Å². The highest BCUT2D eigenvalue weighted by atomic mass is 16.5. The molecular weight excluding hydrogens is 266 g/mol. The molecule has 2 aliphatic rings. The van der Waals surface area contributed by atoms with Crippen LogP contribution in [0.25, 0.3) is 0 Å². The lowest BCUT2D eigenvalue weighted by molar-refractivity contribution is -0.0445. The molecular formula is C16H23N3O2. The molecule has 2 atom stereocenters. The Balaban J connectivity index is 1.87. The molecule has 0 radical (unpaired) electrons. The van der Waals surface area contributed by atoms with E-state index in [0.29, 0.717) is 24.5 Å². The van der Waals surface area contributed by atoms with Crippen LogP contribution in [0.2, 0.25) is 0 Å². The van der Waals surface area contributed by atoms with Gasteiger partial charge in [-0.1, -0.05) is 13.8 Å². The molecule has 1 amide bonds. The maximum absolute atomic E-state index is 12.9. The molecule has 114 valence electrons. The van der Waals surface area contributed by atoms with Crippen molar-refractivity contribution in [2.24, 2.45) is 0 Å². The number of aromatic nitrogens is 1. The number of nitrogens with zero attached hydrogens (tertiary/aromatic N) is 2. The molecule has 1 aliphatic heterocycles. The van der Waals surface area contributed by atoms with Crippen molar-refractivity contribution >= 4 is 11.7 Å². The van der Waals surface area contributed by atoms with E-state index in [1.807, 2.05) is 11.0 Å². The number of hydrogen-bond acceptors (Lipinski definition) is 4. The first-order chi connectivity index (χ1) is 10.1. The van der Waals surface area contributed by atoms with Crippen LogP contribution in [0.15, 0.2) is 12.1 Å². The number of nitrogen functional groups attached to an aromatic ring is 1. The van der Waals surface area contributed by atoms with E-state index in [9.17, 15) is 4.79 Å². The van der Waals surface area contributed by atoms with Crippen LogP contribution in [0.1, 0.15) is 55.1 Å². The molecule has 1 aromatic heterocycles. The molecule has 0 spiro atoms. The Morgan fingerprint density at radius 3 is 3.00 bits per heavy atom. The molecule has 2 N–H and O–H groups in total. The number of ether oxygens (including phenoxy) is 1. The van der Waals surface area contributed by atoms with Crippen LogP contribution >= 0.6 is 0 Å². The summed E-state index contributed by atoms with van der Waals surface area (Å²) < 4.78 is 5.77. The second-order valence-electron chi connectivity index (χ2n) is 6.27. The van der Waals surface area contributed by atoms with Crippen LogP contribution in [0.4, 0.5) is 5.82 Å². The molecule has 0 aromatic carbocycles. The second kappa shape index (κ2) is 5.64. The Labute approximate surface area is 125 Å².